The molecule has 0 aliphatic carbocycles. The Kier molecular flexibility index (Phi) is 6.30. The molecule has 0 unspecified atom stereocenters. The second-order valence-electron chi connectivity index (χ2n) is 4.26. The molecule has 96 valence electrons. The molecule has 0 amide bonds. The Balaban J connectivity index is 2.63. The summed E-state index contributed by atoms with van der Waals surface area (Å²) in [6, 6.07) is 5.59. The van der Waals surface area contributed by atoms with E-state index in [1.54, 1.807) is 6.07 Å². The molecule has 1 aromatic carbocycles. The fourth-order valence-electron chi connectivity index (χ4n) is 1.66. The Morgan fingerprint density at radius 3 is 2.29 bits per heavy atom. The Labute approximate surface area is 104 Å². The van der Waals surface area contributed by atoms with Gasteiger partial charge in [-0.15, -0.1) is 0 Å². The van der Waals surface area contributed by atoms with E-state index in [4.69, 9.17) is 0 Å². The van der Waals surface area contributed by atoms with Crippen LogP contribution in [0.4, 0.5) is 11.4 Å². The Hall–Kier alpha value is -1.38. The number of anilines is 2. The van der Waals surface area contributed by atoms with Crippen LogP contribution in [0.1, 0.15) is 39.5 Å². The van der Waals surface area contributed by atoms with E-state index in [1.165, 1.54) is 6.42 Å². The standard InChI is InChI=1S/C14H24N2O/c1-3-5-10-15-12-8-7-9-13(17)14(12)16-11-6-4-2/h7-9,15-17H,3-6,10-11H2,1-2H3. The smallest absolute Gasteiger partial charge is 0.140 e. The van der Waals surface area contributed by atoms with E-state index in [9.17, 15) is 5.11 Å². The normalized spacial score (nSPS) is 10.2. The monoisotopic (exact) mass is 236 g/mol. The molecule has 0 bridgehead atoms. The summed E-state index contributed by atoms with van der Waals surface area (Å²) in [5, 5.41) is 16.5. The van der Waals surface area contributed by atoms with Crippen molar-refractivity contribution in [3.05, 3.63) is 18.2 Å². The number of hydrogen-bond acceptors (Lipinski definition) is 3. The third kappa shape index (κ3) is 4.55. The quantitative estimate of drug-likeness (QED) is 0.475. The second-order valence-corrected chi connectivity index (χ2v) is 4.26. The number of aromatic hydroxyl groups is 1. The number of phenols is 1. The molecule has 0 aliphatic heterocycles. The molecule has 0 fully saturated rings. The minimum Gasteiger partial charge on any atom is -0.506 e. The summed E-state index contributed by atoms with van der Waals surface area (Å²) in [4.78, 5) is 0. The summed E-state index contributed by atoms with van der Waals surface area (Å²) in [5.74, 6) is 0.322. The van der Waals surface area contributed by atoms with Crippen LogP contribution in [0.2, 0.25) is 0 Å². The fourth-order valence-corrected chi connectivity index (χ4v) is 1.66. The van der Waals surface area contributed by atoms with Gasteiger partial charge >= 0.3 is 0 Å². The Bertz CT molecular complexity index is 326. The minimum atomic E-state index is 0.322. The summed E-state index contributed by atoms with van der Waals surface area (Å²) >= 11 is 0. The Morgan fingerprint density at radius 2 is 1.65 bits per heavy atom. The largest absolute Gasteiger partial charge is 0.506 e. The van der Waals surface area contributed by atoms with Gasteiger partial charge in [-0.25, -0.2) is 0 Å². The van der Waals surface area contributed by atoms with Gasteiger partial charge < -0.3 is 15.7 Å². The van der Waals surface area contributed by atoms with E-state index in [0.29, 0.717) is 5.75 Å². The van der Waals surface area contributed by atoms with Crippen LogP contribution in [0.3, 0.4) is 0 Å². The first kappa shape index (κ1) is 13.7. The first-order valence-corrected chi connectivity index (χ1v) is 6.59. The zero-order valence-corrected chi connectivity index (χ0v) is 10.9. The lowest BCUT2D eigenvalue weighted by Crippen LogP contribution is -2.07. The van der Waals surface area contributed by atoms with Crippen LogP contribution in [-0.4, -0.2) is 18.2 Å². The van der Waals surface area contributed by atoms with Crippen LogP contribution in [0.5, 0.6) is 5.75 Å². The SMILES string of the molecule is CCCCNc1cccc(O)c1NCCCC. The molecule has 0 atom stereocenters. The van der Waals surface area contributed by atoms with E-state index in [2.05, 4.69) is 24.5 Å². The summed E-state index contributed by atoms with van der Waals surface area (Å²) in [6.45, 7) is 6.18. The zero-order valence-electron chi connectivity index (χ0n) is 10.9. The van der Waals surface area contributed by atoms with Crippen LogP contribution in [0.15, 0.2) is 18.2 Å². The molecule has 0 aromatic heterocycles. The molecule has 0 saturated carbocycles. The maximum atomic E-state index is 9.84. The van der Waals surface area contributed by atoms with Gasteiger partial charge in [0.15, 0.2) is 0 Å². The number of rotatable bonds is 8. The van der Waals surface area contributed by atoms with Crippen molar-refractivity contribution in [1.29, 1.82) is 0 Å². The summed E-state index contributed by atoms with van der Waals surface area (Å²) in [6.07, 6.45) is 4.58. The molecule has 3 N–H and O–H groups in total. The topological polar surface area (TPSA) is 44.3 Å². The van der Waals surface area contributed by atoms with Crippen LogP contribution < -0.4 is 10.6 Å². The van der Waals surface area contributed by atoms with Crippen LogP contribution in [-0.2, 0) is 0 Å². The van der Waals surface area contributed by atoms with Crippen molar-refractivity contribution in [2.24, 2.45) is 0 Å². The number of hydrogen-bond donors (Lipinski definition) is 3. The molecular weight excluding hydrogens is 212 g/mol. The van der Waals surface area contributed by atoms with Gasteiger partial charge in [-0.2, -0.15) is 0 Å². The van der Waals surface area contributed by atoms with Crippen molar-refractivity contribution in [2.45, 2.75) is 39.5 Å². The lowest BCUT2D eigenvalue weighted by Gasteiger charge is -2.14. The van der Waals surface area contributed by atoms with Gasteiger partial charge in [0.2, 0.25) is 0 Å². The van der Waals surface area contributed by atoms with Gasteiger partial charge in [-0.3, -0.25) is 0 Å². The summed E-state index contributed by atoms with van der Waals surface area (Å²) < 4.78 is 0. The lowest BCUT2D eigenvalue weighted by atomic mass is 10.2. The van der Waals surface area contributed by atoms with Gasteiger partial charge in [-0.1, -0.05) is 32.8 Å². The third-order valence-electron chi connectivity index (χ3n) is 2.72. The molecule has 0 spiro atoms. The van der Waals surface area contributed by atoms with Crippen molar-refractivity contribution < 1.29 is 5.11 Å². The van der Waals surface area contributed by atoms with Gasteiger partial charge in [0.1, 0.15) is 11.4 Å². The van der Waals surface area contributed by atoms with Crippen molar-refractivity contribution in [3.8, 4) is 5.75 Å². The zero-order chi connectivity index (χ0) is 12.5. The molecule has 1 aromatic rings. The lowest BCUT2D eigenvalue weighted by molar-refractivity contribution is 0.477. The minimum absolute atomic E-state index is 0.322. The number of unbranched alkanes of at least 4 members (excludes halogenated alkanes) is 2. The highest BCUT2D eigenvalue weighted by Gasteiger charge is 2.05. The van der Waals surface area contributed by atoms with Gasteiger partial charge in [0.25, 0.3) is 0 Å². The predicted molar refractivity (Wildman–Crippen MR) is 74.9 cm³/mol. The number of benzene rings is 1. The van der Waals surface area contributed by atoms with Crippen molar-refractivity contribution in [1.82, 2.24) is 0 Å². The highest BCUT2D eigenvalue weighted by molar-refractivity contribution is 5.75. The maximum absolute atomic E-state index is 9.84. The summed E-state index contributed by atoms with van der Waals surface area (Å²) in [7, 11) is 0. The van der Waals surface area contributed by atoms with E-state index >= 15 is 0 Å². The molecule has 17 heavy (non-hydrogen) atoms. The number of phenolic OH excluding ortho intramolecular Hbond substituents is 1. The van der Waals surface area contributed by atoms with E-state index in [0.717, 1.165) is 43.7 Å². The van der Waals surface area contributed by atoms with E-state index < -0.39 is 0 Å². The van der Waals surface area contributed by atoms with E-state index in [-0.39, 0.29) is 0 Å². The molecule has 0 aliphatic rings. The van der Waals surface area contributed by atoms with Gasteiger partial charge in [0.05, 0.1) is 5.69 Å². The van der Waals surface area contributed by atoms with Crippen molar-refractivity contribution in [3.63, 3.8) is 0 Å². The van der Waals surface area contributed by atoms with Gasteiger partial charge in [0, 0.05) is 13.1 Å². The maximum Gasteiger partial charge on any atom is 0.140 e. The third-order valence-corrected chi connectivity index (χ3v) is 2.72. The molecule has 0 radical (unpaired) electrons. The van der Waals surface area contributed by atoms with Crippen LogP contribution in [0.25, 0.3) is 0 Å². The average molecular weight is 236 g/mol. The first-order valence-electron chi connectivity index (χ1n) is 6.59. The molecular formula is C14H24N2O. The fraction of sp³-hybridized carbons (Fsp3) is 0.571. The van der Waals surface area contributed by atoms with Gasteiger partial charge in [-0.05, 0) is 25.0 Å². The highest BCUT2D eigenvalue weighted by Crippen LogP contribution is 2.31. The predicted octanol–water partition coefficient (Wildman–Crippen LogP) is 3.82. The highest BCUT2D eigenvalue weighted by atomic mass is 16.3. The molecule has 0 saturated heterocycles. The molecule has 3 nitrogen and oxygen atoms in total. The average Bonchev–Trinajstić information content (AvgIpc) is 2.33. The molecule has 0 heterocycles. The number of nitrogens with one attached hydrogen (secondary N) is 2. The first-order chi connectivity index (χ1) is 8.29. The Morgan fingerprint density at radius 1 is 1.00 bits per heavy atom. The van der Waals surface area contributed by atoms with Crippen molar-refractivity contribution in [2.75, 3.05) is 23.7 Å². The molecule has 1 rings (SSSR count). The summed E-state index contributed by atoms with van der Waals surface area (Å²) in [5.41, 5.74) is 1.83. The van der Waals surface area contributed by atoms with E-state index in [1.807, 2.05) is 12.1 Å². The van der Waals surface area contributed by atoms with Crippen molar-refractivity contribution >= 4 is 11.4 Å². The van der Waals surface area contributed by atoms with Crippen LogP contribution >= 0.6 is 0 Å². The van der Waals surface area contributed by atoms with Crippen LogP contribution in [0, 0.1) is 0 Å². The number of para-hydroxylation sites is 1. The second kappa shape index (κ2) is 7.82. The molecule has 3 heteroatoms.